The lowest BCUT2D eigenvalue weighted by atomic mass is 10.2. The van der Waals surface area contributed by atoms with Gasteiger partial charge in [0.1, 0.15) is 5.82 Å². The van der Waals surface area contributed by atoms with E-state index in [1.165, 1.54) is 6.07 Å². The second-order valence-corrected chi connectivity index (χ2v) is 4.54. The number of benzene rings is 2. The van der Waals surface area contributed by atoms with Gasteiger partial charge in [-0.2, -0.15) is 0 Å². The summed E-state index contributed by atoms with van der Waals surface area (Å²) >= 11 is 5.71. The molecule has 0 spiro atoms. The molecular weight excluding hydrogens is 281 g/mol. The van der Waals surface area contributed by atoms with Crippen LogP contribution in [0, 0.1) is 5.82 Å². The monoisotopic (exact) mass is 293 g/mol. The molecule has 0 aliphatic rings. The van der Waals surface area contributed by atoms with Gasteiger partial charge in [0.2, 0.25) is 0 Å². The molecule has 2 amide bonds. The van der Waals surface area contributed by atoms with E-state index in [9.17, 15) is 9.18 Å². The minimum absolute atomic E-state index is 0.0912. The molecule has 0 bridgehead atoms. The van der Waals surface area contributed by atoms with Crippen LogP contribution in [-0.2, 0) is 6.54 Å². The summed E-state index contributed by atoms with van der Waals surface area (Å²) in [5.41, 5.74) is 6.80. The third-order valence-corrected chi connectivity index (χ3v) is 2.94. The summed E-state index contributed by atoms with van der Waals surface area (Å²) in [4.78, 5) is 10.8. The van der Waals surface area contributed by atoms with Crippen molar-refractivity contribution < 1.29 is 9.18 Å². The average molecular weight is 294 g/mol. The Morgan fingerprint density at radius 3 is 2.65 bits per heavy atom. The van der Waals surface area contributed by atoms with Crippen molar-refractivity contribution in [3.63, 3.8) is 0 Å². The first-order valence-electron chi connectivity index (χ1n) is 5.89. The summed E-state index contributed by atoms with van der Waals surface area (Å²) in [6.07, 6.45) is 0. The van der Waals surface area contributed by atoms with Gasteiger partial charge in [0.25, 0.3) is 0 Å². The molecule has 0 saturated heterocycles. The van der Waals surface area contributed by atoms with Gasteiger partial charge >= 0.3 is 6.03 Å². The number of hydrogen-bond acceptors (Lipinski definition) is 2. The van der Waals surface area contributed by atoms with E-state index in [0.717, 1.165) is 5.69 Å². The Kier molecular flexibility index (Phi) is 4.42. The van der Waals surface area contributed by atoms with Crippen LogP contribution in [0.4, 0.5) is 20.6 Å². The highest BCUT2D eigenvalue weighted by atomic mass is 35.5. The molecule has 104 valence electrons. The van der Waals surface area contributed by atoms with Crippen LogP contribution >= 0.6 is 11.6 Å². The van der Waals surface area contributed by atoms with Gasteiger partial charge in [-0.3, -0.25) is 0 Å². The van der Waals surface area contributed by atoms with Crippen molar-refractivity contribution in [2.24, 2.45) is 5.73 Å². The van der Waals surface area contributed by atoms with Crippen LogP contribution in [0.25, 0.3) is 0 Å². The zero-order valence-corrected chi connectivity index (χ0v) is 11.2. The summed E-state index contributed by atoms with van der Waals surface area (Å²) in [6, 6.07) is 11.2. The van der Waals surface area contributed by atoms with E-state index in [1.807, 2.05) is 0 Å². The molecule has 0 atom stereocenters. The number of primary amides is 1. The Labute approximate surface area is 120 Å². The highest BCUT2D eigenvalue weighted by molar-refractivity contribution is 6.30. The Morgan fingerprint density at radius 2 is 1.90 bits per heavy atom. The zero-order valence-electron chi connectivity index (χ0n) is 10.5. The lowest BCUT2D eigenvalue weighted by molar-refractivity contribution is 0.259. The molecule has 20 heavy (non-hydrogen) atoms. The standard InChI is InChI=1S/C14H13ClFN3O/c15-12-6-1-3-9(13(12)16)8-18-10-4-2-5-11(7-10)19-14(17)20/h1-7,18H,8H2,(H3,17,19,20). The fourth-order valence-electron chi connectivity index (χ4n) is 1.73. The van der Waals surface area contributed by atoms with Crippen LogP contribution in [0.15, 0.2) is 42.5 Å². The molecule has 0 aromatic heterocycles. The molecule has 0 aliphatic heterocycles. The van der Waals surface area contributed by atoms with Crippen LogP contribution in [-0.4, -0.2) is 6.03 Å². The Bertz CT molecular complexity index is 634. The number of hydrogen-bond donors (Lipinski definition) is 3. The first-order chi connectivity index (χ1) is 9.56. The molecule has 0 heterocycles. The SMILES string of the molecule is NC(=O)Nc1cccc(NCc2cccc(Cl)c2F)c1. The van der Waals surface area contributed by atoms with Crippen molar-refractivity contribution in [3.05, 3.63) is 58.9 Å². The third-order valence-electron chi connectivity index (χ3n) is 2.64. The van der Waals surface area contributed by atoms with Crippen molar-refractivity contribution in [2.45, 2.75) is 6.54 Å². The maximum Gasteiger partial charge on any atom is 0.316 e. The van der Waals surface area contributed by atoms with E-state index in [2.05, 4.69) is 10.6 Å². The average Bonchev–Trinajstić information content (AvgIpc) is 2.40. The highest BCUT2D eigenvalue weighted by Gasteiger charge is 2.06. The lowest BCUT2D eigenvalue weighted by Crippen LogP contribution is -2.19. The van der Waals surface area contributed by atoms with Crippen LogP contribution in [0.3, 0.4) is 0 Å². The maximum absolute atomic E-state index is 13.7. The van der Waals surface area contributed by atoms with E-state index < -0.39 is 11.8 Å². The first kappa shape index (κ1) is 14.1. The van der Waals surface area contributed by atoms with Crippen molar-refractivity contribution >= 4 is 29.0 Å². The molecule has 0 aliphatic carbocycles. The van der Waals surface area contributed by atoms with Crippen LogP contribution in [0.5, 0.6) is 0 Å². The molecule has 0 radical (unpaired) electrons. The number of nitrogens with one attached hydrogen (secondary N) is 2. The van der Waals surface area contributed by atoms with Gasteiger partial charge in [0.15, 0.2) is 0 Å². The molecule has 4 N–H and O–H groups in total. The van der Waals surface area contributed by atoms with Crippen molar-refractivity contribution in [2.75, 3.05) is 10.6 Å². The molecule has 2 rings (SSSR count). The Morgan fingerprint density at radius 1 is 1.20 bits per heavy atom. The second-order valence-electron chi connectivity index (χ2n) is 4.14. The first-order valence-corrected chi connectivity index (χ1v) is 6.27. The largest absolute Gasteiger partial charge is 0.381 e. The highest BCUT2D eigenvalue weighted by Crippen LogP contribution is 2.20. The summed E-state index contributed by atoms with van der Waals surface area (Å²) in [7, 11) is 0. The molecule has 2 aromatic rings. The number of anilines is 2. The number of rotatable bonds is 4. The fourth-order valence-corrected chi connectivity index (χ4v) is 1.93. The predicted octanol–water partition coefficient (Wildman–Crippen LogP) is 3.58. The van der Waals surface area contributed by atoms with E-state index in [-0.39, 0.29) is 11.6 Å². The molecule has 0 saturated carbocycles. The van der Waals surface area contributed by atoms with Crippen LogP contribution in [0.2, 0.25) is 5.02 Å². The summed E-state index contributed by atoms with van der Waals surface area (Å²) < 4.78 is 13.7. The lowest BCUT2D eigenvalue weighted by Gasteiger charge is -2.10. The minimum atomic E-state index is -0.636. The molecule has 4 nitrogen and oxygen atoms in total. The van der Waals surface area contributed by atoms with E-state index in [0.29, 0.717) is 11.3 Å². The van der Waals surface area contributed by atoms with Gasteiger partial charge < -0.3 is 16.4 Å². The number of halogens is 2. The summed E-state index contributed by atoms with van der Waals surface area (Å²) in [5, 5.41) is 5.61. The number of carbonyl (C=O) groups excluding carboxylic acids is 1. The van der Waals surface area contributed by atoms with Gasteiger partial charge in [-0.25, -0.2) is 9.18 Å². The molecule has 6 heteroatoms. The number of nitrogens with two attached hydrogens (primary N) is 1. The Hall–Kier alpha value is -2.27. The quantitative estimate of drug-likeness (QED) is 0.806. The fraction of sp³-hybridized carbons (Fsp3) is 0.0714. The number of amides is 2. The van der Waals surface area contributed by atoms with E-state index in [1.54, 1.807) is 36.4 Å². The van der Waals surface area contributed by atoms with Gasteiger partial charge in [-0.1, -0.05) is 29.8 Å². The number of urea groups is 1. The van der Waals surface area contributed by atoms with Crippen LogP contribution in [0.1, 0.15) is 5.56 Å². The minimum Gasteiger partial charge on any atom is -0.381 e. The van der Waals surface area contributed by atoms with E-state index >= 15 is 0 Å². The van der Waals surface area contributed by atoms with Crippen molar-refractivity contribution in [1.29, 1.82) is 0 Å². The molecule has 2 aromatic carbocycles. The van der Waals surface area contributed by atoms with Gasteiger partial charge in [0.05, 0.1) is 5.02 Å². The van der Waals surface area contributed by atoms with Gasteiger partial charge in [-0.15, -0.1) is 0 Å². The smallest absolute Gasteiger partial charge is 0.316 e. The normalized spacial score (nSPS) is 10.1. The Balaban J connectivity index is 2.07. The zero-order chi connectivity index (χ0) is 14.5. The van der Waals surface area contributed by atoms with E-state index in [4.69, 9.17) is 17.3 Å². The molecule has 0 unspecified atom stereocenters. The van der Waals surface area contributed by atoms with Crippen LogP contribution < -0.4 is 16.4 Å². The predicted molar refractivity (Wildman–Crippen MR) is 78.4 cm³/mol. The third kappa shape index (κ3) is 3.61. The number of carbonyl (C=O) groups is 1. The molecular formula is C14H13ClFN3O. The molecule has 0 fully saturated rings. The summed E-state index contributed by atoms with van der Waals surface area (Å²) in [5.74, 6) is -0.437. The van der Waals surface area contributed by atoms with Crippen molar-refractivity contribution in [1.82, 2.24) is 0 Å². The van der Waals surface area contributed by atoms with Gasteiger partial charge in [-0.05, 0) is 24.3 Å². The summed E-state index contributed by atoms with van der Waals surface area (Å²) in [6.45, 7) is 0.284. The second kappa shape index (κ2) is 6.25. The van der Waals surface area contributed by atoms with Crippen molar-refractivity contribution in [3.8, 4) is 0 Å². The maximum atomic E-state index is 13.7. The van der Waals surface area contributed by atoms with Gasteiger partial charge in [0, 0.05) is 23.5 Å². The topological polar surface area (TPSA) is 67.2 Å².